The number of unbranched alkanes of at least 4 members (excludes halogenated alkanes) is 15. The Morgan fingerprint density at radius 1 is 0.453 bits per heavy atom. The Morgan fingerprint density at radius 2 is 0.867 bits per heavy atom. The summed E-state index contributed by atoms with van der Waals surface area (Å²) >= 11 is 0. The van der Waals surface area contributed by atoms with Gasteiger partial charge in [-0.3, -0.25) is 14.4 Å². The molecule has 0 amide bonds. The van der Waals surface area contributed by atoms with Crippen LogP contribution in [-0.4, -0.2) is 89.2 Å². The number of aliphatic hydroxyl groups is 2. The van der Waals surface area contributed by atoms with Gasteiger partial charge < -0.3 is 39.0 Å². The molecule has 6 unspecified atom stereocenters. The molecule has 12 heteroatoms. The molecule has 0 aromatic rings. The molecular formula is C63H100O12. The lowest BCUT2D eigenvalue weighted by molar-refractivity contribution is -0.301. The van der Waals surface area contributed by atoms with Gasteiger partial charge in [-0.1, -0.05) is 214 Å². The Bertz CT molecular complexity index is 1720. The average molecular weight is 1050 g/mol. The molecule has 1 aliphatic rings. The summed E-state index contributed by atoms with van der Waals surface area (Å²) in [5.74, 6) is -3.26. The van der Waals surface area contributed by atoms with Crippen LogP contribution in [0, 0.1) is 0 Å². The van der Waals surface area contributed by atoms with Gasteiger partial charge in [0.25, 0.3) is 0 Å². The molecule has 0 aromatic carbocycles. The van der Waals surface area contributed by atoms with Crippen LogP contribution in [-0.2, 0) is 42.9 Å². The maximum absolute atomic E-state index is 13.1. The monoisotopic (exact) mass is 1050 g/mol. The van der Waals surface area contributed by atoms with Gasteiger partial charge in [0.1, 0.15) is 18.8 Å². The van der Waals surface area contributed by atoms with E-state index in [1.54, 1.807) is 0 Å². The maximum atomic E-state index is 13.1. The summed E-state index contributed by atoms with van der Waals surface area (Å²) in [6.45, 7) is 5.70. The summed E-state index contributed by atoms with van der Waals surface area (Å²) in [5.41, 5.74) is 0. The third kappa shape index (κ3) is 40.3. The summed E-state index contributed by atoms with van der Waals surface area (Å²) in [4.78, 5) is 51.0. The zero-order chi connectivity index (χ0) is 54.7. The molecule has 1 fully saturated rings. The first kappa shape index (κ1) is 68.4. The predicted molar refractivity (Wildman–Crippen MR) is 303 cm³/mol. The number of carbonyl (C=O) groups is 4. The van der Waals surface area contributed by atoms with E-state index >= 15 is 0 Å². The van der Waals surface area contributed by atoms with Crippen molar-refractivity contribution in [2.24, 2.45) is 0 Å². The van der Waals surface area contributed by atoms with Gasteiger partial charge in [0.2, 0.25) is 0 Å². The molecule has 75 heavy (non-hydrogen) atoms. The van der Waals surface area contributed by atoms with Gasteiger partial charge in [-0.15, -0.1) is 0 Å². The minimum absolute atomic E-state index is 0.0705. The van der Waals surface area contributed by atoms with Gasteiger partial charge in [-0.25, -0.2) is 4.79 Å². The van der Waals surface area contributed by atoms with Crippen LogP contribution in [0.1, 0.15) is 213 Å². The number of hydrogen-bond acceptors (Lipinski definition) is 11. The van der Waals surface area contributed by atoms with Crippen LogP contribution < -0.4 is 0 Å². The maximum Gasteiger partial charge on any atom is 0.335 e. The normalized spacial score (nSPS) is 19.0. The van der Waals surface area contributed by atoms with Crippen molar-refractivity contribution >= 4 is 23.9 Å². The number of carbonyl (C=O) groups excluding carboxylic acids is 3. The van der Waals surface area contributed by atoms with E-state index in [0.29, 0.717) is 25.7 Å². The Balaban J connectivity index is 2.74. The van der Waals surface area contributed by atoms with Crippen molar-refractivity contribution in [2.75, 3.05) is 13.2 Å². The molecule has 0 bridgehead atoms. The van der Waals surface area contributed by atoms with E-state index < -0.39 is 67.3 Å². The molecule has 0 radical (unpaired) electrons. The van der Waals surface area contributed by atoms with E-state index in [1.165, 1.54) is 44.9 Å². The van der Waals surface area contributed by atoms with Gasteiger partial charge in [0.05, 0.1) is 6.61 Å². The second-order valence-electron chi connectivity index (χ2n) is 19.2. The first-order valence-corrected chi connectivity index (χ1v) is 28.9. The number of rotatable bonds is 47. The smallest absolute Gasteiger partial charge is 0.335 e. The third-order valence-electron chi connectivity index (χ3n) is 12.4. The molecule has 1 heterocycles. The van der Waals surface area contributed by atoms with Crippen LogP contribution in [0.4, 0.5) is 0 Å². The Hall–Kier alpha value is -4.62. The fourth-order valence-corrected chi connectivity index (χ4v) is 8.00. The summed E-state index contributed by atoms with van der Waals surface area (Å²) < 4.78 is 28.3. The van der Waals surface area contributed by atoms with Crippen LogP contribution in [0.15, 0.2) is 109 Å². The van der Waals surface area contributed by atoms with E-state index in [1.807, 2.05) is 18.2 Å². The number of allylic oxidation sites excluding steroid dienone is 18. The Kier molecular flexibility index (Phi) is 45.8. The molecule has 0 saturated carbocycles. The highest BCUT2D eigenvalue weighted by atomic mass is 16.7. The zero-order valence-electron chi connectivity index (χ0n) is 46.5. The number of hydrogen-bond donors (Lipinski definition) is 3. The Labute approximate surface area is 453 Å². The van der Waals surface area contributed by atoms with E-state index in [2.05, 4.69) is 112 Å². The van der Waals surface area contributed by atoms with Gasteiger partial charge in [-0.2, -0.15) is 0 Å². The topological polar surface area (TPSA) is 175 Å². The van der Waals surface area contributed by atoms with Crippen molar-refractivity contribution in [2.45, 2.75) is 250 Å². The van der Waals surface area contributed by atoms with Crippen molar-refractivity contribution < 1.29 is 58.2 Å². The number of aliphatic hydroxyl groups excluding tert-OH is 2. The van der Waals surface area contributed by atoms with Crippen molar-refractivity contribution in [3.05, 3.63) is 109 Å². The summed E-state index contributed by atoms with van der Waals surface area (Å²) in [5, 5.41) is 31.4. The molecule has 0 aliphatic carbocycles. The Morgan fingerprint density at radius 3 is 1.33 bits per heavy atom. The van der Waals surface area contributed by atoms with E-state index in [9.17, 15) is 34.5 Å². The van der Waals surface area contributed by atoms with Gasteiger partial charge >= 0.3 is 23.9 Å². The van der Waals surface area contributed by atoms with Gasteiger partial charge in [-0.05, 0) is 89.9 Å². The summed E-state index contributed by atoms with van der Waals surface area (Å²) in [7, 11) is 0. The molecule has 0 aromatic heterocycles. The van der Waals surface area contributed by atoms with Crippen LogP contribution in [0.3, 0.4) is 0 Å². The van der Waals surface area contributed by atoms with E-state index in [0.717, 1.165) is 103 Å². The fourth-order valence-electron chi connectivity index (χ4n) is 8.00. The van der Waals surface area contributed by atoms with E-state index in [4.69, 9.17) is 23.7 Å². The number of esters is 3. The first-order chi connectivity index (χ1) is 36.6. The molecule has 1 aliphatic heterocycles. The number of carboxylic acid groups (broad SMARTS) is 1. The highest BCUT2D eigenvalue weighted by Gasteiger charge is 2.50. The lowest BCUT2D eigenvalue weighted by Gasteiger charge is -2.40. The summed E-state index contributed by atoms with van der Waals surface area (Å²) in [6, 6.07) is 0. The third-order valence-corrected chi connectivity index (χ3v) is 12.4. The highest BCUT2D eigenvalue weighted by molar-refractivity contribution is 5.74. The standard InChI is InChI=1S/C63H100O12/c1-4-7-10-13-16-19-22-24-26-27-28-29-31-33-36-39-42-45-48-51-57(66)74-61-59(68)58(67)60(62(69)70)75-63(61)72-53-54(73-56(65)50-47-44-41-38-34-21-18-15-12-9-6-3)52-71-55(64)49-46-43-40-37-35-32-30-25-23-20-17-14-11-8-5-2/h7-8,10-11,16-17,19-20,24-26,28-30,33,36,42,45,54,58-61,63,67-68H,4-6,9,12-15,18,21-23,27,31-32,34-35,37-41,43-44,46-53H2,1-3H3,(H,69,70)/b10-7-,11-8-,19-16-,20-17-,26-24-,29-28-,30-25-,36-33-,45-42-. The van der Waals surface area contributed by atoms with Gasteiger partial charge in [0.15, 0.2) is 24.6 Å². The summed E-state index contributed by atoms with van der Waals surface area (Å²) in [6.07, 6.45) is 55.0. The second-order valence-corrected chi connectivity index (χ2v) is 19.2. The lowest BCUT2D eigenvalue weighted by Crippen LogP contribution is -2.61. The minimum Gasteiger partial charge on any atom is -0.479 e. The quantitative estimate of drug-likeness (QED) is 0.0228. The molecule has 1 rings (SSSR count). The number of aliphatic carboxylic acids is 1. The number of carboxylic acids is 1. The molecular weight excluding hydrogens is 949 g/mol. The predicted octanol–water partition coefficient (Wildman–Crippen LogP) is 14.7. The first-order valence-electron chi connectivity index (χ1n) is 28.9. The van der Waals surface area contributed by atoms with E-state index in [-0.39, 0.29) is 25.9 Å². The van der Waals surface area contributed by atoms with Crippen molar-refractivity contribution in [1.82, 2.24) is 0 Å². The van der Waals surface area contributed by atoms with Crippen molar-refractivity contribution in [1.29, 1.82) is 0 Å². The molecule has 3 N–H and O–H groups in total. The number of ether oxygens (including phenoxy) is 5. The van der Waals surface area contributed by atoms with Gasteiger partial charge in [0, 0.05) is 19.3 Å². The largest absolute Gasteiger partial charge is 0.479 e. The van der Waals surface area contributed by atoms with Crippen LogP contribution in [0.2, 0.25) is 0 Å². The molecule has 0 spiro atoms. The highest BCUT2D eigenvalue weighted by Crippen LogP contribution is 2.26. The van der Waals surface area contributed by atoms with Crippen molar-refractivity contribution in [3.8, 4) is 0 Å². The second kappa shape index (κ2) is 50.2. The molecule has 424 valence electrons. The SMILES string of the molecule is CC/C=C\C/C=C\C/C=C\C/C=C\C/C=C\C/C=C\CCC(=O)OC1C(OCC(COC(=O)CCCCCCC/C=C\C/C=C\C/C=C\CC)OC(=O)CCCCCCCCCCCCC)OC(C(=O)O)C(O)C1O. The molecule has 12 nitrogen and oxygen atoms in total. The molecule has 1 saturated heterocycles. The minimum atomic E-state index is -1.93. The van der Waals surface area contributed by atoms with Crippen LogP contribution in [0.5, 0.6) is 0 Å². The average Bonchev–Trinajstić information content (AvgIpc) is 3.39. The van der Waals surface area contributed by atoms with Crippen LogP contribution >= 0.6 is 0 Å². The fraction of sp³-hybridized carbons (Fsp3) is 0.651. The van der Waals surface area contributed by atoms with Crippen molar-refractivity contribution in [3.63, 3.8) is 0 Å². The molecule has 6 atom stereocenters. The zero-order valence-corrected chi connectivity index (χ0v) is 46.5. The lowest BCUT2D eigenvalue weighted by atomic mass is 9.98. The van der Waals surface area contributed by atoms with Crippen LogP contribution in [0.25, 0.3) is 0 Å².